The van der Waals surface area contributed by atoms with Crippen LogP contribution in [-0.2, 0) is 16.2 Å². The molecule has 3 atom stereocenters. The van der Waals surface area contributed by atoms with E-state index in [-0.39, 0.29) is 30.3 Å². The number of benzene rings is 2. The molecule has 0 aromatic heterocycles. The predicted molar refractivity (Wildman–Crippen MR) is 140 cm³/mol. The lowest BCUT2D eigenvalue weighted by atomic mass is 9.92. The fourth-order valence-corrected chi connectivity index (χ4v) is 4.71. The maximum absolute atomic E-state index is 12.6. The molecule has 1 fully saturated rings. The Kier molecular flexibility index (Phi) is 9.44. The Bertz CT molecular complexity index is 1070. The normalized spacial score (nSPS) is 19.8. The van der Waals surface area contributed by atoms with E-state index < -0.39 is 6.04 Å². The third kappa shape index (κ3) is 5.87. The lowest BCUT2D eigenvalue weighted by Crippen LogP contribution is -2.40. The first-order valence-corrected chi connectivity index (χ1v) is 12.2. The molecule has 3 N–H and O–H groups in total. The number of carbonyl (C=O) groups excluding carboxylic acids is 2. The Balaban J connectivity index is 2.02. The van der Waals surface area contributed by atoms with Crippen molar-refractivity contribution in [3.8, 4) is 16.9 Å². The summed E-state index contributed by atoms with van der Waals surface area (Å²) in [6.45, 7) is 4.99. The SMILES string of the molecule is CCNC[C@@H]1ON(Cc2cccc(-c3cc(C(=O)NC)cc(N(C)C)c3)c2OC)[C@H](C(C)=O)C1CO. The van der Waals surface area contributed by atoms with Crippen LogP contribution in [0.1, 0.15) is 29.8 Å². The fraction of sp³-hybridized carbons (Fsp3) is 0.481. The minimum Gasteiger partial charge on any atom is -0.496 e. The summed E-state index contributed by atoms with van der Waals surface area (Å²) in [6.07, 6.45) is -0.315. The van der Waals surface area contributed by atoms with Crippen molar-refractivity contribution in [1.82, 2.24) is 15.7 Å². The van der Waals surface area contributed by atoms with Gasteiger partial charge < -0.3 is 25.4 Å². The molecule has 0 spiro atoms. The van der Waals surface area contributed by atoms with E-state index in [0.29, 0.717) is 24.4 Å². The van der Waals surface area contributed by atoms with E-state index in [2.05, 4.69) is 10.6 Å². The second-order valence-corrected chi connectivity index (χ2v) is 9.17. The molecule has 0 aliphatic carbocycles. The molecule has 1 aliphatic rings. The molecule has 0 saturated carbocycles. The molecule has 1 saturated heterocycles. The van der Waals surface area contributed by atoms with E-state index in [1.807, 2.05) is 62.3 Å². The van der Waals surface area contributed by atoms with Gasteiger partial charge in [0, 0.05) is 56.0 Å². The largest absolute Gasteiger partial charge is 0.496 e. The topological polar surface area (TPSA) is 103 Å². The number of hydrogen-bond donors (Lipinski definition) is 3. The van der Waals surface area contributed by atoms with Crippen LogP contribution in [-0.4, -0.2) is 82.0 Å². The van der Waals surface area contributed by atoms with E-state index in [9.17, 15) is 14.7 Å². The number of ketones is 1. The quantitative estimate of drug-likeness (QED) is 0.433. The highest BCUT2D eigenvalue weighted by atomic mass is 16.7. The third-order valence-corrected chi connectivity index (χ3v) is 6.55. The molecule has 0 radical (unpaired) electrons. The van der Waals surface area contributed by atoms with Crippen molar-refractivity contribution in [2.45, 2.75) is 32.5 Å². The lowest BCUT2D eigenvalue weighted by molar-refractivity contribution is -0.173. The van der Waals surface area contributed by atoms with Crippen LogP contribution in [0, 0.1) is 5.92 Å². The number of carbonyl (C=O) groups is 2. The monoisotopic (exact) mass is 498 g/mol. The zero-order valence-corrected chi connectivity index (χ0v) is 22.0. The highest BCUT2D eigenvalue weighted by Crippen LogP contribution is 2.38. The summed E-state index contributed by atoms with van der Waals surface area (Å²) >= 11 is 0. The Morgan fingerprint density at radius 2 is 1.97 bits per heavy atom. The Morgan fingerprint density at radius 1 is 1.22 bits per heavy atom. The van der Waals surface area contributed by atoms with E-state index >= 15 is 0 Å². The van der Waals surface area contributed by atoms with Gasteiger partial charge in [0.25, 0.3) is 5.91 Å². The Labute approximate surface area is 213 Å². The number of Topliss-reactive ketones (excluding diaryl/α,β-unsaturated/α-hetero) is 1. The van der Waals surface area contributed by atoms with E-state index in [1.165, 1.54) is 6.92 Å². The number of amides is 1. The van der Waals surface area contributed by atoms with E-state index in [1.54, 1.807) is 19.2 Å². The summed E-state index contributed by atoms with van der Waals surface area (Å²) in [5.41, 5.74) is 3.92. The van der Waals surface area contributed by atoms with Gasteiger partial charge in [-0.25, -0.2) is 0 Å². The van der Waals surface area contributed by atoms with E-state index in [0.717, 1.165) is 28.9 Å². The molecule has 1 heterocycles. The van der Waals surface area contributed by atoms with Gasteiger partial charge in [0.1, 0.15) is 17.6 Å². The van der Waals surface area contributed by atoms with Gasteiger partial charge in [-0.3, -0.25) is 14.4 Å². The molecular formula is C27H38N4O5. The van der Waals surface area contributed by atoms with Gasteiger partial charge in [-0.1, -0.05) is 25.1 Å². The van der Waals surface area contributed by atoms with Crippen molar-refractivity contribution in [3.05, 3.63) is 47.5 Å². The smallest absolute Gasteiger partial charge is 0.251 e. The Morgan fingerprint density at radius 3 is 2.56 bits per heavy atom. The summed E-state index contributed by atoms with van der Waals surface area (Å²) in [6, 6.07) is 10.9. The number of ether oxygens (including phenoxy) is 1. The summed E-state index contributed by atoms with van der Waals surface area (Å²) in [5, 5.41) is 17.7. The van der Waals surface area contributed by atoms with Crippen molar-refractivity contribution < 1.29 is 24.3 Å². The number of rotatable bonds is 11. The second-order valence-electron chi connectivity index (χ2n) is 9.17. The van der Waals surface area contributed by atoms with E-state index in [4.69, 9.17) is 9.57 Å². The second kappa shape index (κ2) is 12.3. The van der Waals surface area contributed by atoms with Gasteiger partial charge in [0.05, 0.1) is 26.4 Å². The fourth-order valence-electron chi connectivity index (χ4n) is 4.71. The lowest BCUT2D eigenvalue weighted by Gasteiger charge is -2.24. The average Bonchev–Trinajstić information content (AvgIpc) is 3.23. The molecule has 3 rings (SSSR count). The highest BCUT2D eigenvalue weighted by Gasteiger charge is 2.45. The number of hydroxylamine groups is 2. The number of hydrogen-bond acceptors (Lipinski definition) is 8. The predicted octanol–water partition coefficient (Wildman–Crippen LogP) is 2.08. The number of nitrogens with zero attached hydrogens (tertiary/aromatic N) is 2. The van der Waals surface area contributed by atoms with Crippen LogP contribution < -0.4 is 20.3 Å². The molecule has 9 heteroatoms. The van der Waals surface area contributed by atoms with Crippen LogP contribution in [0.5, 0.6) is 5.75 Å². The number of aliphatic hydroxyl groups is 1. The average molecular weight is 499 g/mol. The molecule has 2 aromatic carbocycles. The van der Waals surface area contributed by atoms with Gasteiger partial charge in [-0.05, 0) is 37.2 Å². The van der Waals surface area contributed by atoms with Gasteiger partial charge in [-0.2, -0.15) is 5.06 Å². The van der Waals surface area contributed by atoms with Crippen molar-refractivity contribution >= 4 is 17.4 Å². The van der Waals surface area contributed by atoms with Crippen LogP contribution in [0.4, 0.5) is 5.69 Å². The van der Waals surface area contributed by atoms with Crippen LogP contribution >= 0.6 is 0 Å². The number of anilines is 1. The molecule has 1 aliphatic heterocycles. The number of para-hydroxylation sites is 1. The Hall–Kier alpha value is -2.98. The molecular weight excluding hydrogens is 460 g/mol. The highest BCUT2D eigenvalue weighted by molar-refractivity contribution is 5.97. The molecule has 1 amide bonds. The number of nitrogens with one attached hydrogen (secondary N) is 2. The van der Waals surface area contributed by atoms with Crippen LogP contribution in [0.25, 0.3) is 11.1 Å². The summed E-state index contributed by atoms with van der Waals surface area (Å²) in [4.78, 5) is 33.2. The first kappa shape index (κ1) is 27.6. The first-order valence-electron chi connectivity index (χ1n) is 12.2. The summed E-state index contributed by atoms with van der Waals surface area (Å²) in [5.74, 6) is 0.0733. The van der Waals surface area contributed by atoms with Crippen molar-refractivity contribution in [2.24, 2.45) is 5.92 Å². The molecule has 0 bridgehead atoms. The van der Waals surface area contributed by atoms with Crippen molar-refractivity contribution in [3.63, 3.8) is 0 Å². The number of aliphatic hydroxyl groups excluding tert-OH is 1. The minimum atomic E-state index is -0.566. The maximum atomic E-state index is 12.6. The van der Waals surface area contributed by atoms with Gasteiger partial charge in [0.15, 0.2) is 0 Å². The summed E-state index contributed by atoms with van der Waals surface area (Å²) < 4.78 is 5.87. The molecule has 2 aromatic rings. The molecule has 1 unspecified atom stereocenters. The maximum Gasteiger partial charge on any atom is 0.251 e. The zero-order valence-electron chi connectivity index (χ0n) is 22.0. The van der Waals surface area contributed by atoms with Gasteiger partial charge in [0.2, 0.25) is 0 Å². The third-order valence-electron chi connectivity index (χ3n) is 6.55. The summed E-state index contributed by atoms with van der Waals surface area (Å²) in [7, 11) is 7.06. The molecule has 196 valence electrons. The number of methoxy groups -OCH3 is 1. The van der Waals surface area contributed by atoms with Crippen LogP contribution in [0.15, 0.2) is 36.4 Å². The zero-order chi connectivity index (χ0) is 26.4. The standard InChI is InChI=1S/C27H38N4O5/c1-7-29-14-24-23(16-32)25(17(2)33)31(36-24)15-18-9-8-10-22(26(18)35-6)19-11-20(27(34)28-3)13-21(12-19)30(4)5/h8-13,23-25,29,32H,7,14-16H2,1-6H3,(H,28,34)/t23?,24-,25+/m0/s1. The van der Waals surface area contributed by atoms with Crippen molar-refractivity contribution in [1.29, 1.82) is 0 Å². The molecule has 36 heavy (non-hydrogen) atoms. The first-order chi connectivity index (χ1) is 17.2. The van der Waals surface area contributed by atoms with Gasteiger partial charge >= 0.3 is 0 Å². The van der Waals surface area contributed by atoms with Crippen LogP contribution in [0.2, 0.25) is 0 Å². The van der Waals surface area contributed by atoms with Gasteiger partial charge in [-0.15, -0.1) is 0 Å². The number of likely N-dealkylation sites (N-methyl/N-ethyl adjacent to an activating group) is 1. The molecule has 9 nitrogen and oxygen atoms in total. The minimum absolute atomic E-state index is 0.0583. The van der Waals surface area contributed by atoms with Crippen molar-refractivity contribution in [2.75, 3.05) is 52.8 Å². The van der Waals surface area contributed by atoms with Crippen LogP contribution in [0.3, 0.4) is 0 Å².